The summed E-state index contributed by atoms with van der Waals surface area (Å²) in [6.45, 7) is 1.90. The molecule has 0 radical (unpaired) electrons. The van der Waals surface area contributed by atoms with Crippen molar-refractivity contribution in [2.75, 3.05) is 13.7 Å². The number of methoxy groups -OCH3 is 1. The Hall–Kier alpha value is -4.09. The van der Waals surface area contributed by atoms with Crippen LogP contribution in [0.25, 0.3) is 11.3 Å². The highest BCUT2D eigenvalue weighted by Crippen LogP contribution is 2.31. The van der Waals surface area contributed by atoms with Crippen molar-refractivity contribution in [2.24, 2.45) is 0 Å². The van der Waals surface area contributed by atoms with Crippen molar-refractivity contribution in [1.29, 1.82) is 0 Å². The van der Waals surface area contributed by atoms with Crippen LogP contribution in [0.15, 0.2) is 60.8 Å². The van der Waals surface area contributed by atoms with Gasteiger partial charge in [0.15, 0.2) is 0 Å². The van der Waals surface area contributed by atoms with Gasteiger partial charge in [0.2, 0.25) is 0 Å². The zero-order valence-electron chi connectivity index (χ0n) is 17.0. The van der Waals surface area contributed by atoms with E-state index in [1.54, 1.807) is 7.11 Å². The Morgan fingerprint density at radius 2 is 1.74 bits per heavy atom. The molecule has 8 heteroatoms. The summed E-state index contributed by atoms with van der Waals surface area (Å²) in [5.41, 5.74) is 4.20. The van der Waals surface area contributed by atoms with Crippen LogP contribution >= 0.6 is 0 Å². The van der Waals surface area contributed by atoms with Gasteiger partial charge >= 0.3 is 11.9 Å². The maximum absolute atomic E-state index is 9.10. The van der Waals surface area contributed by atoms with Crippen LogP contribution in [0.2, 0.25) is 0 Å². The summed E-state index contributed by atoms with van der Waals surface area (Å²) in [6, 6.07) is 18.2. The maximum atomic E-state index is 9.10. The van der Waals surface area contributed by atoms with E-state index < -0.39 is 11.9 Å². The van der Waals surface area contributed by atoms with Crippen molar-refractivity contribution in [3.63, 3.8) is 0 Å². The third-order valence-corrected chi connectivity index (χ3v) is 4.11. The second kappa shape index (κ2) is 11.8. The zero-order chi connectivity index (χ0) is 22.6. The van der Waals surface area contributed by atoms with Gasteiger partial charge in [-0.05, 0) is 17.7 Å². The number of carbonyl (C=O) groups is 2. The fourth-order valence-corrected chi connectivity index (χ4v) is 2.78. The molecule has 3 aromatic rings. The minimum absolute atomic E-state index is 0.523. The summed E-state index contributed by atoms with van der Waals surface area (Å²) < 4.78 is 7.47. The first kappa shape index (κ1) is 23.2. The number of benzene rings is 2. The van der Waals surface area contributed by atoms with E-state index in [-0.39, 0.29) is 0 Å². The molecule has 0 bridgehead atoms. The Morgan fingerprint density at radius 3 is 2.35 bits per heavy atom. The highest BCUT2D eigenvalue weighted by atomic mass is 16.5. The van der Waals surface area contributed by atoms with Gasteiger partial charge in [-0.1, -0.05) is 48.4 Å². The van der Waals surface area contributed by atoms with Gasteiger partial charge in [0.1, 0.15) is 11.4 Å². The fraction of sp³-hybridized carbons (Fsp3) is 0.174. The molecular weight excluding hydrogens is 398 g/mol. The van der Waals surface area contributed by atoms with Gasteiger partial charge in [-0.3, -0.25) is 4.68 Å². The quantitative estimate of drug-likeness (QED) is 0.305. The third-order valence-electron chi connectivity index (χ3n) is 4.11. The number of nitrogens with one attached hydrogen (secondary N) is 1. The van der Waals surface area contributed by atoms with Gasteiger partial charge in [0.05, 0.1) is 20.2 Å². The maximum Gasteiger partial charge on any atom is 0.414 e. The average Bonchev–Trinajstić information content (AvgIpc) is 3.17. The van der Waals surface area contributed by atoms with Crippen LogP contribution in [0.1, 0.15) is 11.1 Å². The van der Waals surface area contributed by atoms with E-state index in [0.29, 0.717) is 13.1 Å². The van der Waals surface area contributed by atoms with Gasteiger partial charge in [0.25, 0.3) is 0 Å². The number of carboxylic acids is 2. The number of aliphatic carboxylic acids is 2. The normalized spacial score (nSPS) is 9.81. The van der Waals surface area contributed by atoms with Crippen LogP contribution in [0, 0.1) is 12.3 Å². The second-order valence-corrected chi connectivity index (χ2v) is 6.30. The van der Waals surface area contributed by atoms with E-state index in [4.69, 9.17) is 36.1 Å². The summed E-state index contributed by atoms with van der Waals surface area (Å²) >= 11 is 0. The lowest BCUT2D eigenvalue weighted by Gasteiger charge is -2.08. The molecule has 0 fully saturated rings. The molecule has 0 saturated heterocycles. The van der Waals surface area contributed by atoms with E-state index in [9.17, 15) is 0 Å². The molecular formula is C23H23N3O5. The van der Waals surface area contributed by atoms with Crippen LogP contribution in [-0.4, -0.2) is 45.6 Å². The molecule has 31 heavy (non-hydrogen) atoms. The molecule has 1 heterocycles. The fourth-order valence-electron chi connectivity index (χ4n) is 2.78. The standard InChI is InChI=1S/C21H21N3O.C2H2O4/c1-3-13-22-14-18-16-24(15-17-9-5-4-6-10-17)23-21(18)19-11-7-8-12-20(19)25-2;3-1(4)2(5)6/h1,4-12,16,22H,13-15H2,2H3;(H,3,4)(H,5,6). The first-order valence-corrected chi connectivity index (χ1v) is 9.30. The Bertz CT molecular complexity index is 1040. The Kier molecular flexibility index (Phi) is 8.83. The molecule has 160 valence electrons. The Labute approximate surface area is 180 Å². The number of terminal acetylenes is 1. The highest BCUT2D eigenvalue weighted by molar-refractivity contribution is 6.27. The van der Waals surface area contributed by atoms with Crippen LogP contribution in [0.3, 0.4) is 0 Å². The van der Waals surface area contributed by atoms with E-state index in [1.165, 1.54) is 5.56 Å². The van der Waals surface area contributed by atoms with Gasteiger partial charge in [-0.2, -0.15) is 5.10 Å². The lowest BCUT2D eigenvalue weighted by molar-refractivity contribution is -0.159. The number of hydrogen-bond donors (Lipinski definition) is 3. The lowest BCUT2D eigenvalue weighted by atomic mass is 10.1. The predicted molar refractivity (Wildman–Crippen MR) is 116 cm³/mol. The minimum Gasteiger partial charge on any atom is -0.496 e. The van der Waals surface area contributed by atoms with Gasteiger partial charge in [0, 0.05) is 23.9 Å². The van der Waals surface area contributed by atoms with Crippen LogP contribution in [0.4, 0.5) is 0 Å². The van der Waals surface area contributed by atoms with Crippen molar-refractivity contribution < 1.29 is 24.5 Å². The van der Waals surface area contributed by atoms with Crippen molar-refractivity contribution in [3.8, 4) is 29.4 Å². The first-order chi connectivity index (χ1) is 15.0. The molecule has 0 aliphatic carbocycles. The number of hydrogen-bond acceptors (Lipinski definition) is 5. The topological polar surface area (TPSA) is 114 Å². The molecule has 0 saturated carbocycles. The van der Waals surface area contributed by atoms with E-state index in [1.807, 2.05) is 47.1 Å². The summed E-state index contributed by atoms with van der Waals surface area (Å²) in [6.07, 6.45) is 7.41. The minimum atomic E-state index is -1.82. The van der Waals surface area contributed by atoms with Crippen molar-refractivity contribution in [3.05, 3.63) is 71.9 Å². The smallest absolute Gasteiger partial charge is 0.414 e. The zero-order valence-corrected chi connectivity index (χ0v) is 17.0. The molecule has 3 rings (SSSR count). The van der Waals surface area contributed by atoms with Crippen molar-refractivity contribution in [2.45, 2.75) is 13.1 Å². The Balaban J connectivity index is 0.000000501. The summed E-state index contributed by atoms with van der Waals surface area (Å²) in [5.74, 6) is -0.234. The molecule has 0 atom stereocenters. The number of ether oxygens (including phenoxy) is 1. The SMILES string of the molecule is C#CCNCc1cn(Cc2ccccc2)nc1-c1ccccc1OC.O=C(O)C(=O)O. The number of carboxylic acid groups (broad SMARTS) is 2. The van der Waals surface area contributed by atoms with Crippen LogP contribution in [0.5, 0.6) is 5.75 Å². The molecule has 0 amide bonds. The second-order valence-electron chi connectivity index (χ2n) is 6.30. The third kappa shape index (κ3) is 7.03. The lowest BCUT2D eigenvalue weighted by Crippen LogP contribution is -2.13. The number of para-hydroxylation sites is 1. The van der Waals surface area contributed by atoms with Gasteiger partial charge < -0.3 is 20.3 Å². The molecule has 2 aromatic carbocycles. The highest BCUT2D eigenvalue weighted by Gasteiger charge is 2.15. The molecule has 0 spiro atoms. The summed E-state index contributed by atoms with van der Waals surface area (Å²) in [7, 11) is 1.68. The summed E-state index contributed by atoms with van der Waals surface area (Å²) in [5, 5.41) is 22.8. The molecule has 0 unspecified atom stereocenters. The molecule has 8 nitrogen and oxygen atoms in total. The van der Waals surface area contributed by atoms with Gasteiger partial charge in [-0.25, -0.2) is 9.59 Å². The van der Waals surface area contributed by atoms with Crippen LogP contribution in [-0.2, 0) is 22.7 Å². The largest absolute Gasteiger partial charge is 0.496 e. The predicted octanol–water partition coefficient (Wildman–Crippen LogP) is 2.49. The monoisotopic (exact) mass is 421 g/mol. The Morgan fingerprint density at radius 1 is 1.10 bits per heavy atom. The van der Waals surface area contributed by atoms with E-state index >= 15 is 0 Å². The van der Waals surface area contributed by atoms with Crippen LogP contribution < -0.4 is 10.1 Å². The van der Waals surface area contributed by atoms with E-state index in [0.717, 1.165) is 29.1 Å². The number of nitrogens with zero attached hydrogens (tertiary/aromatic N) is 2. The first-order valence-electron chi connectivity index (χ1n) is 9.30. The molecule has 0 aliphatic heterocycles. The molecule has 0 aliphatic rings. The molecule has 1 aromatic heterocycles. The van der Waals surface area contributed by atoms with E-state index in [2.05, 4.69) is 29.6 Å². The average molecular weight is 421 g/mol. The van der Waals surface area contributed by atoms with Gasteiger partial charge in [-0.15, -0.1) is 6.42 Å². The van der Waals surface area contributed by atoms with Crippen molar-refractivity contribution >= 4 is 11.9 Å². The van der Waals surface area contributed by atoms with Crippen molar-refractivity contribution in [1.82, 2.24) is 15.1 Å². The summed E-state index contributed by atoms with van der Waals surface area (Å²) in [4.78, 5) is 18.2. The number of aromatic nitrogens is 2. The molecule has 3 N–H and O–H groups in total. The number of rotatable bonds is 7.